The number of hydrogen-bond donors (Lipinski definition) is 0. The average Bonchev–Trinajstić information content (AvgIpc) is 2.61. The van der Waals surface area contributed by atoms with E-state index in [2.05, 4.69) is 10.4 Å². The third-order valence-corrected chi connectivity index (χ3v) is 2.84. The van der Waals surface area contributed by atoms with Gasteiger partial charge in [-0.2, -0.15) is 9.64 Å². The fraction of sp³-hybridized carbons (Fsp3) is 0. The summed E-state index contributed by atoms with van der Waals surface area (Å²) in [5, 5.41) is 8.88. The average molecular weight is 221 g/mol. The van der Waals surface area contributed by atoms with Crippen molar-refractivity contribution in [2.75, 3.05) is 0 Å². The molecule has 2 nitrogen and oxygen atoms in total. The van der Waals surface area contributed by atoms with Crippen molar-refractivity contribution >= 4 is 23.1 Å². The molecule has 0 spiro atoms. The molecule has 4 heteroatoms. The zero-order valence-electron chi connectivity index (χ0n) is 7.07. The summed E-state index contributed by atoms with van der Waals surface area (Å²) in [5.74, 6) is 0. The smallest absolute Gasteiger partial charge is 0.132 e. The maximum atomic E-state index is 8.88. The quantitative estimate of drug-likeness (QED) is 0.739. The number of halogens is 1. The molecule has 14 heavy (non-hydrogen) atoms. The van der Waals surface area contributed by atoms with Crippen LogP contribution in [0.5, 0.6) is 0 Å². The number of rotatable bonds is 1. The van der Waals surface area contributed by atoms with Gasteiger partial charge >= 0.3 is 0 Å². The van der Waals surface area contributed by atoms with Gasteiger partial charge in [-0.1, -0.05) is 41.9 Å². The Morgan fingerprint density at radius 2 is 2.00 bits per heavy atom. The number of nitriles is 1. The summed E-state index contributed by atoms with van der Waals surface area (Å²) in [4.78, 5) is 0. The molecule has 1 aromatic heterocycles. The van der Waals surface area contributed by atoms with Crippen LogP contribution in [-0.2, 0) is 0 Å². The molecule has 0 fully saturated rings. The van der Waals surface area contributed by atoms with Gasteiger partial charge in [-0.05, 0) is 11.5 Å². The topological polar surface area (TPSA) is 36.7 Å². The lowest BCUT2D eigenvalue weighted by molar-refractivity contribution is 1.46. The normalized spacial score (nSPS) is 9.71. The molecule has 0 aliphatic carbocycles. The highest BCUT2D eigenvalue weighted by Crippen LogP contribution is 2.30. The molecule has 68 valence electrons. The Kier molecular flexibility index (Phi) is 2.49. The van der Waals surface area contributed by atoms with E-state index in [0.29, 0.717) is 15.6 Å². The highest BCUT2D eigenvalue weighted by molar-refractivity contribution is 7.11. The largest absolute Gasteiger partial charge is 0.192 e. The van der Waals surface area contributed by atoms with Gasteiger partial charge in [-0.3, -0.25) is 0 Å². The lowest BCUT2D eigenvalue weighted by Crippen LogP contribution is -1.80. The van der Waals surface area contributed by atoms with Crippen LogP contribution in [0.3, 0.4) is 0 Å². The lowest BCUT2D eigenvalue weighted by Gasteiger charge is -1.95. The highest BCUT2D eigenvalue weighted by Gasteiger charge is 2.12. The molecule has 0 saturated heterocycles. The Morgan fingerprint density at radius 1 is 1.29 bits per heavy atom. The molecule has 0 amide bonds. The Balaban J connectivity index is 2.59. The zero-order chi connectivity index (χ0) is 9.97. The van der Waals surface area contributed by atoms with E-state index in [1.54, 1.807) is 0 Å². The summed E-state index contributed by atoms with van der Waals surface area (Å²) in [6.45, 7) is 0. The minimum atomic E-state index is 0.450. The number of aromatic nitrogens is 1. The van der Waals surface area contributed by atoms with Crippen LogP contribution in [0.25, 0.3) is 11.3 Å². The summed E-state index contributed by atoms with van der Waals surface area (Å²) < 4.78 is 4.59. The summed E-state index contributed by atoms with van der Waals surface area (Å²) in [5.41, 5.74) is 2.05. The third-order valence-electron chi connectivity index (χ3n) is 1.81. The standard InChI is InChI=1S/C10H5ClN2S/c11-10-8(6-12)9(13-14-10)7-4-2-1-3-5-7/h1-5H. The van der Waals surface area contributed by atoms with E-state index in [1.165, 1.54) is 0 Å². The van der Waals surface area contributed by atoms with E-state index in [-0.39, 0.29) is 0 Å². The van der Waals surface area contributed by atoms with Crippen LogP contribution in [0.1, 0.15) is 5.56 Å². The number of hydrogen-bond acceptors (Lipinski definition) is 3. The van der Waals surface area contributed by atoms with Crippen LogP contribution in [0.2, 0.25) is 4.34 Å². The van der Waals surface area contributed by atoms with Gasteiger partial charge in [0.25, 0.3) is 0 Å². The van der Waals surface area contributed by atoms with Crippen molar-refractivity contribution < 1.29 is 0 Å². The Bertz CT molecular complexity index is 485. The molecule has 0 bridgehead atoms. The van der Waals surface area contributed by atoms with Gasteiger partial charge in [0.15, 0.2) is 0 Å². The van der Waals surface area contributed by atoms with Crippen LogP contribution in [0, 0.1) is 11.3 Å². The van der Waals surface area contributed by atoms with Gasteiger partial charge in [-0.15, -0.1) is 0 Å². The summed E-state index contributed by atoms with van der Waals surface area (Å²) in [7, 11) is 0. The zero-order valence-corrected chi connectivity index (χ0v) is 8.64. The minimum Gasteiger partial charge on any atom is -0.192 e. The van der Waals surface area contributed by atoms with Gasteiger partial charge in [0.05, 0.1) is 0 Å². The van der Waals surface area contributed by atoms with E-state index in [1.807, 2.05) is 30.3 Å². The molecule has 0 aliphatic heterocycles. The van der Waals surface area contributed by atoms with Crippen molar-refractivity contribution in [3.8, 4) is 17.3 Å². The van der Waals surface area contributed by atoms with E-state index in [9.17, 15) is 0 Å². The lowest BCUT2D eigenvalue weighted by atomic mass is 10.1. The van der Waals surface area contributed by atoms with E-state index < -0.39 is 0 Å². The van der Waals surface area contributed by atoms with Crippen molar-refractivity contribution in [3.63, 3.8) is 0 Å². The van der Waals surface area contributed by atoms with Gasteiger partial charge in [0.1, 0.15) is 21.7 Å². The van der Waals surface area contributed by atoms with E-state index >= 15 is 0 Å². The molecule has 0 aliphatic rings. The first kappa shape index (κ1) is 9.20. The highest BCUT2D eigenvalue weighted by atomic mass is 35.5. The molecular weight excluding hydrogens is 216 g/mol. The van der Waals surface area contributed by atoms with Crippen LogP contribution in [0.15, 0.2) is 30.3 Å². The molecule has 1 aromatic carbocycles. The fourth-order valence-corrected chi connectivity index (χ4v) is 2.00. The molecule has 0 atom stereocenters. The van der Waals surface area contributed by atoms with Gasteiger partial charge in [0, 0.05) is 5.56 Å². The molecule has 0 saturated carbocycles. The van der Waals surface area contributed by atoms with E-state index in [0.717, 1.165) is 17.1 Å². The van der Waals surface area contributed by atoms with Crippen molar-refractivity contribution in [3.05, 3.63) is 40.2 Å². The minimum absolute atomic E-state index is 0.450. The molecule has 2 rings (SSSR count). The van der Waals surface area contributed by atoms with Crippen molar-refractivity contribution in [1.82, 2.24) is 4.37 Å². The van der Waals surface area contributed by atoms with Crippen molar-refractivity contribution in [2.24, 2.45) is 0 Å². The SMILES string of the molecule is N#Cc1c(-c2ccccc2)nsc1Cl. The number of nitrogens with zero attached hydrogens (tertiary/aromatic N) is 2. The van der Waals surface area contributed by atoms with Crippen LogP contribution < -0.4 is 0 Å². The second-order valence-corrected chi connectivity index (χ2v) is 4.03. The van der Waals surface area contributed by atoms with Crippen LogP contribution >= 0.6 is 23.1 Å². The second kappa shape index (κ2) is 3.79. The number of benzene rings is 1. The monoisotopic (exact) mass is 220 g/mol. The Hall–Kier alpha value is -1.37. The Morgan fingerprint density at radius 3 is 2.64 bits per heavy atom. The molecule has 1 heterocycles. The molecule has 0 unspecified atom stereocenters. The van der Waals surface area contributed by atoms with Crippen LogP contribution in [0.4, 0.5) is 0 Å². The molecule has 0 radical (unpaired) electrons. The first-order valence-electron chi connectivity index (χ1n) is 3.93. The maximum Gasteiger partial charge on any atom is 0.132 e. The second-order valence-electron chi connectivity index (χ2n) is 2.66. The summed E-state index contributed by atoms with van der Waals surface area (Å²) in [6, 6.07) is 11.6. The van der Waals surface area contributed by atoms with Crippen LogP contribution in [-0.4, -0.2) is 4.37 Å². The Labute approximate surface area is 90.6 Å². The first-order chi connectivity index (χ1) is 6.83. The predicted molar refractivity (Wildman–Crippen MR) is 57.3 cm³/mol. The maximum absolute atomic E-state index is 8.88. The summed E-state index contributed by atoms with van der Waals surface area (Å²) >= 11 is 6.97. The summed E-state index contributed by atoms with van der Waals surface area (Å²) in [6.07, 6.45) is 0. The van der Waals surface area contributed by atoms with Gasteiger partial charge < -0.3 is 0 Å². The fourth-order valence-electron chi connectivity index (χ4n) is 1.16. The predicted octanol–water partition coefficient (Wildman–Crippen LogP) is 3.34. The van der Waals surface area contributed by atoms with E-state index in [4.69, 9.17) is 16.9 Å². The van der Waals surface area contributed by atoms with Crippen molar-refractivity contribution in [2.45, 2.75) is 0 Å². The van der Waals surface area contributed by atoms with Gasteiger partial charge in [-0.25, -0.2) is 0 Å². The van der Waals surface area contributed by atoms with Crippen molar-refractivity contribution in [1.29, 1.82) is 5.26 Å². The molecular formula is C10H5ClN2S. The third kappa shape index (κ3) is 1.50. The molecule has 0 N–H and O–H groups in total. The molecule has 2 aromatic rings. The van der Waals surface area contributed by atoms with Gasteiger partial charge in [0.2, 0.25) is 0 Å². The first-order valence-corrected chi connectivity index (χ1v) is 5.08.